The number of aliphatic hydroxyl groups is 1. The number of anilines is 3. The minimum absolute atomic E-state index is 0.0191. The molecule has 0 aliphatic rings. The number of hydrogen-bond donors (Lipinski definition) is 3. The molecule has 2 heterocycles. The van der Waals surface area contributed by atoms with Crippen LogP contribution in [0.25, 0.3) is 10.4 Å². The molecule has 0 saturated heterocycles. The Morgan fingerprint density at radius 1 is 1.35 bits per heavy atom. The highest BCUT2D eigenvalue weighted by Crippen LogP contribution is 2.32. The number of halogens is 1. The van der Waals surface area contributed by atoms with E-state index in [0.29, 0.717) is 26.8 Å². The van der Waals surface area contributed by atoms with Gasteiger partial charge in [0.1, 0.15) is 5.82 Å². The summed E-state index contributed by atoms with van der Waals surface area (Å²) in [7, 11) is -3.00. The standard InChI is InChI=1S/C22H26BrN5O4S2/c1-4-14(13-29)25-20-16(18-7-6-10-33-18)12-24-21(27-20)26-15-8-9-19(17(23)11-15)34(3,31)28-22(30)32-5-2/h6-12,14,29H,4-5,13H2,1-3H3,(H2,24,25,26,27)/t14-,34?/m1/s1. The summed E-state index contributed by atoms with van der Waals surface area (Å²) in [6.07, 6.45) is 2.98. The number of rotatable bonds is 9. The van der Waals surface area contributed by atoms with Gasteiger partial charge in [0.25, 0.3) is 0 Å². The molecule has 0 bridgehead atoms. The average molecular weight is 569 g/mol. The van der Waals surface area contributed by atoms with Crippen molar-refractivity contribution in [3.05, 3.63) is 46.4 Å². The summed E-state index contributed by atoms with van der Waals surface area (Å²) in [5.74, 6) is 0.963. The maximum Gasteiger partial charge on any atom is 0.442 e. The Labute approximate surface area is 211 Å². The molecule has 0 aliphatic carbocycles. The summed E-state index contributed by atoms with van der Waals surface area (Å²) in [5.41, 5.74) is 1.49. The van der Waals surface area contributed by atoms with Crippen molar-refractivity contribution in [3.8, 4) is 10.4 Å². The van der Waals surface area contributed by atoms with Crippen LogP contribution >= 0.6 is 27.3 Å². The van der Waals surface area contributed by atoms with Crippen LogP contribution in [0.5, 0.6) is 0 Å². The van der Waals surface area contributed by atoms with Crippen LogP contribution in [0.15, 0.2) is 55.6 Å². The van der Waals surface area contributed by atoms with Crippen molar-refractivity contribution in [2.75, 3.05) is 30.1 Å². The molecule has 2 atom stereocenters. The van der Waals surface area contributed by atoms with Gasteiger partial charge in [-0.15, -0.1) is 15.7 Å². The molecule has 1 aromatic carbocycles. The van der Waals surface area contributed by atoms with E-state index in [4.69, 9.17) is 4.74 Å². The largest absolute Gasteiger partial charge is 0.448 e. The molecule has 0 fully saturated rings. The van der Waals surface area contributed by atoms with Crippen LogP contribution in [0.1, 0.15) is 20.3 Å². The number of nitrogens with zero attached hydrogens (tertiary/aromatic N) is 3. The molecule has 0 spiro atoms. The van der Waals surface area contributed by atoms with Crippen molar-refractivity contribution < 1.29 is 18.8 Å². The van der Waals surface area contributed by atoms with E-state index in [0.717, 1.165) is 16.9 Å². The van der Waals surface area contributed by atoms with Gasteiger partial charge in [-0.05, 0) is 58.9 Å². The minimum Gasteiger partial charge on any atom is -0.448 e. The number of carbonyl (C=O) groups is 1. The molecular weight excluding hydrogens is 542 g/mol. The maximum absolute atomic E-state index is 12.9. The second kappa shape index (κ2) is 11.7. The Morgan fingerprint density at radius 2 is 2.15 bits per heavy atom. The van der Waals surface area contributed by atoms with Gasteiger partial charge in [-0.25, -0.2) is 14.0 Å². The number of hydrogen-bond acceptors (Lipinski definition) is 9. The molecular formula is C22H26BrN5O4S2. The lowest BCUT2D eigenvalue weighted by molar-refractivity contribution is 0.164. The molecule has 2 aromatic heterocycles. The summed E-state index contributed by atoms with van der Waals surface area (Å²) < 4.78 is 21.9. The zero-order valence-electron chi connectivity index (χ0n) is 18.9. The Balaban J connectivity index is 1.90. The lowest BCUT2D eigenvalue weighted by Gasteiger charge is -2.18. The first-order valence-electron chi connectivity index (χ1n) is 10.5. The lowest BCUT2D eigenvalue weighted by atomic mass is 10.2. The zero-order chi connectivity index (χ0) is 24.7. The van der Waals surface area contributed by atoms with Gasteiger partial charge in [-0.1, -0.05) is 13.0 Å². The Kier molecular flexibility index (Phi) is 9.00. The molecule has 0 aliphatic heterocycles. The molecule has 0 saturated carbocycles. The summed E-state index contributed by atoms with van der Waals surface area (Å²) in [6, 6.07) is 8.84. The van der Waals surface area contributed by atoms with Crippen molar-refractivity contribution in [1.82, 2.24) is 9.97 Å². The zero-order valence-corrected chi connectivity index (χ0v) is 22.2. The van der Waals surface area contributed by atoms with E-state index in [2.05, 4.69) is 40.9 Å². The van der Waals surface area contributed by atoms with Crippen molar-refractivity contribution >= 4 is 60.5 Å². The van der Waals surface area contributed by atoms with E-state index in [1.807, 2.05) is 24.4 Å². The van der Waals surface area contributed by atoms with E-state index >= 15 is 0 Å². The van der Waals surface area contributed by atoms with Crippen LogP contribution in [0, 0.1) is 0 Å². The summed E-state index contributed by atoms with van der Waals surface area (Å²) in [6.45, 7) is 3.78. The quantitative estimate of drug-likeness (QED) is 0.309. The minimum atomic E-state index is -3.00. The SMILES string of the molecule is CCOC(=O)N=S(C)(=O)c1ccc(Nc2ncc(-c3cccs3)c(N[C@H](CC)CO)n2)cc1Br. The number of carbonyl (C=O) groups excluding carboxylic acids is 1. The van der Waals surface area contributed by atoms with Crippen LogP contribution in [0.4, 0.5) is 22.2 Å². The van der Waals surface area contributed by atoms with Crippen LogP contribution in [-0.2, 0) is 14.5 Å². The molecule has 1 unspecified atom stereocenters. The van der Waals surface area contributed by atoms with Gasteiger partial charge in [-0.2, -0.15) is 4.98 Å². The molecule has 1 amide bonds. The summed E-state index contributed by atoms with van der Waals surface area (Å²) >= 11 is 5.00. The van der Waals surface area contributed by atoms with Gasteiger partial charge in [0.2, 0.25) is 5.95 Å². The molecule has 182 valence electrons. The van der Waals surface area contributed by atoms with Crippen molar-refractivity contribution in [2.24, 2.45) is 4.36 Å². The Morgan fingerprint density at radius 3 is 2.76 bits per heavy atom. The van der Waals surface area contributed by atoms with Crippen molar-refractivity contribution in [3.63, 3.8) is 0 Å². The van der Waals surface area contributed by atoms with E-state index in [9.17, 15) is 14.1 Å². The molecule has 3 aromatic rings. The van der Waals surface area contributed by atoms with E-state index in [1.54, 1.807) is 42.7 Å². The second-order valence-electron chi connectivity index (χ2n) is 7.23. The monoisotopic (exact) mass is 567 g/mol. The highest BCUT2D eigenvalue weighted by atomic mass is 79.9. The lowest BCUT2D eigenvalue weighted by Crippen LogP contribution is -2.23. The van der Waals surface area contributed by atoms with Crippen LogP contribution < -0.4 is 10.6 Å². The van der Waals surface area contributed by atoms with Gasteiger partial charge in [0, 0.05) is 27.5 Å². The Hall–Kier alpha value is -2.54. The fourth-order valence-corrected chi connectivity index (χ4v) is 6.18. The number of thiophene rings is 1. The third kappa shape index (κ3) is 6.53. The van der Waals surface area contributed by atoms with Gasteiger partial charge in [0.05, 0.1) is 39.4 Å². The fourth-order valence-electron chi connectivity index (χ4n) is 2.99. The maximum atomic E-state index is 12.9. The third-order valence-electron chi connectivity index (χ3n) is 4.74. The number of nitrogens with one attached hydrogen (secondary N) is 2. The average Bonchev–Trinajstić information content (AvgIpc) is 3.32. The number of aliphatic hydroxyl groups excluding tert-OH is 1. The molecule has 9 nitrogen and oxygen atoms in total. The van der Waals surface area contributed by atoms with Crippen LogP contribution in [-0.4, -0.2) is 50.9 Å². The highest BCUT2D eigenvalue weighted by molar-refractivity contribution is 9.10. The first kappa shape index (κ1) is 26.1. The number of amides is 1. The fraction of sp³-hybridized carbons (Fsp3) is 0.318. The van der Waals surface area contributed by atoms with Crippen molar-refractivity contribution in [2.45, 2.75) is 31.2 Å². The number of ether oxygens (including phenoxy) is 1. The summed E-state index contributed by atoms with van der Waals surface area (Å²) in [5, 5.41) is 18.0. The predicted molar refractivity (Wildman–Crippen MR) is 139 cm³/mol. The van der Waals surface area contributed by atoms with E-state index in [1.165, 1.54) is 6.26 Å². The van der Waals surface area contributed by atoms with Gasteiger partial charge >= 0.3 is 6.09 Å². The van der Waals surface area contributed by atoms with Crippen LogP contribution in [0.2, 0.25) is 0 Å². The Bertz CT molecular complexity index is 1260. The smallest absolute Gasteiger partial charge is 0.442 e. The first-order chi connectivity index (χ1) is 16.3. The third-order valence-corrected chi connectivity index (χ3v) is 8.23. The molecule has 34 heavy (non-hydrogen) atoms. The normalized spacial score (nSPS) is 13.6. The van der Waals surface area contributed by atoms with E-state index in [-0.39, 0.29) is 19.3 Å². The highest BCUT2D eigenvalue weighted by Gasteiger charge is 2.16. The van der Waals surface area contributed by atoms with Gasteiger partial charge in [-0.3, -0.25) is 0 Å². The topological polar surface area (TPSA) is 126 Å². The molecule has 0 radical (unpaired) electrons. The molecule has 12 heteroatoms. The second-order valence-corrected chi connectivity index (χ2v) is 11.3. The molecule has 3 rings (SSSR count). The van der Waals surface area contributed by atoms with Gasteiger partial charge < -0.3 is 20.5 Å². The predicted octanol–water partition coefficient (Wildman–Crippen LogP) is 5.51. The van der Waals surface area contributed by atoms with Crippen molar-refractivity contribution in [1.29, 1.82) is 0 Å². The van der Waals surface area contributed by atoms with Crippen LogP contribution in [0.3, 0.4) is 0 Å². The molecule has 3 N–H and O–H groups in total. The number of benzene rings is 1. The van der Waals surface area contributed by atoms with E-state index < -0.39 is 15.8 Å². The number of aromatic nitrogens is 2. The first-order valence-corrected chi connectivity index (χ1v) is 14.1. The van der Waals surface area contributed by atoms with Gasteiger partial charge in [0.15, 0.2) is 0 Å². The summed E-state index contributed by atoms with van der Waals surface area (Å²) in [4.78, 5) is 22.1.